The molecule has 1 aromatic heterocycles. The zero-order valence-electron chi connectivity index (χ0n) is 10.4. The highest BCUT2D eigenvalue weighted by atomic mass is 32.1. The summed E-state index contributed by atoms with van der Waals surface area (Å²) in [6, 6.07) is 15.5. The summed E-state index contributed by atoms with van der Waals surface area (Å²) in [5, 5.41) is 4.11. The van der Waals surface area contributed by atoms with E-state index in [1.54, 1.807) is 18.3 Å². The molecule has 0 bridgehead atoms. The van der Waals surface area contributed by atoms with Gasteiger partial charge in [-0.15, -0.1) is 0 Å². The van der Waals surface area contributed by atoms with Crippen LogP contribution in [0.2, 0.25) is 0 Å². The molecule has 0 aliphatic carbocycles. The lowest BCUT2D eigenvalue weighted by Gasteiger charge is -2.02. The predicted molar refractivity (Wildman–Crippen MR) is 79.3 cm³/mol. The number of Topliss-reactive ketones (excluding diaryl/α,β-unsaturated/α-hetero) is 1. The second-order valence-corrected chi connectivity index (χ2v) is 5.28. The Morgan fingerprint density at radius 3 is 2.53 bits per heavy atom. The second kappa shape index (κ2) is 4.82. The number of para-hydroxylation sites is 1. The van der Waals surface area contributed by atoms with Crippen molar-refractivity contribution in [2.45, 2.75) is 6.92 Å². The highest BCUT2D eigenvalue weighted by molar-refractivity contribution is 7.22. The van der Waals surface area contributed by atoms with Crippen molar-refractivity contribution in [3.8, 4) is 0 Å². The van der Waals surface area contributed by atoms with Crippen LogP contribution >= 0.6 is 11.3 Å². The van der Waals surface area contributed by atoms with E-state index in [2.05, 4.69) is 16.4 Å². The van der Waals surface area contributed by atoms with E-state index in [1.807, 2.05) is 42.5 Å². The molecule has 0 fully saturated rings. The molecule has 0 saturated heterocycles. The monoisotopic (exact) mass is 268 g/mol. The molecule has 4 heteroatoms. The van der Waals surface area contributed by atoms with Crippen LogP contribution < -0.4 is 5.32 Å². The second-order valence-electron chi connectivity index (χ2n) is 4.25. The van der Waals surface area contributed by atoms with Gasteiger partial charge >= 0.3 is 0 Å². The van der Waals surface area contributed by atoms with Crippen molar-refractivity contribution in [2.75, 3.05) is 5.32 Å². The average molecular weight is 268 g/mol. The lowest BCUT2D eigenvalue weighted by Crippen LogP contribution is -1.93. The normalized spacial score (nSPS) is 10.6. The molecule has 19 heavy (non-hydrogen) atoms. The Labute approximate surface area is 114 Å². The molecule has 0 unspecified atom stereocenters. The zero-order valence-corrected chi connectivity index (χ0v) is 11.2. The van der Waals surface area contributed by atoms with Crippen LogP contribution in [0.15, 0.2) is 48.5 Å². The summed E-state index contributed by atoms with van der Waals surface area (Å²) in [6.45, 7) is 1.57. The van der Waals surface area contributed by atoms with Crippen LogP contribution in [0, 0.1) is 0 Å². The van der Waals surface area contributed by atoms with Gasteiger partial charge in [-0.25, -0.2) is 4.98 Å². The highest BCUT2D eigenvalue weighted by Gasteiger charge is 2.04. The first kappa shape index (κ1) is 11.9. The third-order valence-electron chi connectivity index (χ3n) is 2.84. The van der Waals surface area contributed by atoms with Gasteiger partial charge < -0.3 is 5.32 Å². The Balaban J connectivity index is 1.86. The number of anilines is 2. The van der Waals surface area contributed by atoms with Crippen LogP contribution in [0.4, 0.5) is 10.8 Å². The van der Waals surface area contributed by atoms with E-state index in [4.69, 9.17) is 0 Å². The Bertz CT molecular complexity index is 698. The molecule has 0 radical (unpaired) electrons. The van der Waals surface area contributed by atoms with Gasteiger partial charge in [0.1, 0.15) is 0 Å². The molecular weight excluding hydrogens is 256 g/mol. The number of nitrogens with one attached hydrogen (secondary N) is 1. The summed E-state index contributed by atoms with van der Waals surface area (Å²) in [5.41, 5.74) is 2.65. The number of benzene rings is 2. The molecule has 3 rings (SSSR count). The number of aromatic nitrogens is 1. The number of carbonyl (C=O) groups excluding carboxylic acids is 1. The SMILES string of the molecule is CC(=O)c1ccc(Nc2nc3ccccc3s2)cc1. The summed E-state index contributed by atoms with van der Waals surface area (Å²) in [6.07, 6.45) is 0. The Hall–Kier alpha value is -2.20. The molecule has 0 aliphatic heterocycles. The summed E-state index contributed by atoms with van der Waals surface area (Å²) < 4.78 is 1.16. The lowest BCUT2D eigenvalue weighted by atomic mass is 10.1. The van der Waals surface area contributed by atoms with Gasteiger partial charge in [0.25, 0.3) is 0 Å². The maximum absolute atomic E-state index is 11.2. The van der Waals surface area contributed by atoms with E-state index in [0.717, 1.165) is 26.6 Å². The van der Waals surface area contributed by atoms with Crippen LogP contribution in [0.5, 0.6) is 0 Å². The van der Waals surface area contributed by atoms with Gasteiger partial charge in [-0.05, 0) is 43.3 Å². The minimum Gasteiger partial charge on any atom is -0.332 e. The van der Waals surface area contributed by atoms with Crippen molar-refractivity contribution in [3.63, 3.8) is 0 Å². The number of fused-ring (bicyclic) bond motifs is 1. The van der Waals surface area contributed by atoms with Crippen molar-refractivity contribution in [2.24, 2.45) is 0 Å². The minimum atomic E-state index is 0.0755. The van der Waals surface area contributed by atoms with Gasteiger partial charge in [-0.3, -0.25) is 4.79 Å². The molecule has 0 amide bonds. The van der Waals surface area contributed by atoms with Gasteiger partial charge in [0.15, 0.2) is 10.9 Å². The first-order chi connectivity index (χ1) is 9.22. The Morgan fingerprint density at radius 2 is 1.84 bits per heavy atom. The van der Waals surface area contributed by atoms with E-state index < -0.39 is 0 Å². The van der Waals surface area contributed by atoms with Gasteiger partial charge in [0, 0.05) is 11.3 Å². The molecule has 2 aromatic carbocycles. The summed E-state index contributed by atoms with van der Waals surface area (Å²) in [7, 11) is 0. The van der Waals surface area contributed by atoms with Gasteiger partial charge in [-0.1, -0.05) is 23.5 Å². The van der Waals surface area contributed by atoms with Crippen molar-refractivity contribution in [1.29, 1.82) is 0 Å². The highest BCUT2D eigenvalue weighted by Crippen LogP contribution is 2.27. The molecule has 0 aliphatic rings. The fourth-order valence-electron chi connectivity index (χ4n) is 1.84. The fourth-order valence-corrected chi connectivity index (χ4v) is 2.72. The van der Waals surface area contributed by atoms with Crippen LogP contribution in [0.1, 0.15) is 17.3 Å². The number of ketones is 1. The average Bonchev–Trinajstić information content (AvgIpc) is 2.81. The van der Waals surface area contributed by atoms with Gasteiger partial charge in [0.05, 0.1) is 10.2 Å². The van der Waals surface area contributed by atoms with E-state index in [-0.39, 0.29) is 5.78 Å². The summed E-state index contributed by atoms with van der Waals surface area (Å²) in [4.78, 5) is 15.7. The molecule has 1 heterocycles. The predicted octanol–water partition coefficient (Wildman–Crippen LogP) is 4.24. The molecule has 0 atom stereocenters. The van der Waals surface area contributed by atoms with E-state index >= 15 is 0 Å². The van der Waals surface area contributed by atoms with Crippen molar-refractivity contribution >= 4 is 38.2 Å². The number of hydrogen-bond acceptors (Lipinski definition) is 4. The molecule has 1 N–H and O–H groups in total. The van der Waals surface area contributed by atoms with Crippen LogP contribution in [-0.2, 0) is 0 Å². The van der Waals surface area contributed by atoms with Crippen LogP contribution in [-0.4, -0.2) is 10.8 Å². The third kappa shape index (κ3) is 2.48. The maximum atomic E-state index is 11.2. The number of nitrogens with zero attached hydrogens (tertiary/aromatic N) is 1. The molecule has 0 spiro atoms. The molecular formula is C15H12N2OS. The van der Waals surface area contributed by atoms with E-state index in [1.165, 1.54) is 0 Å². The Morgan fingerprint density at radius 1 is 1.11 bits per heavy atom. The first-order valence-electron chi connectivity index (χ1n) is 5.96. The largest absolute Gasteiger partial charge is 0.332 e. The number of hydrogen-bond donors (Lipinski definition) is 1. The van der Waals surface area contributed by atoms with Crippen LogP contribution in [0.25, 0.3) is 10.2 Å². The molecule has 3 aromatic rings. The third-order valence-corrected chi connectivity index (χ3v) is 3.79. The first-order valence-corrected chi connectivity index (χ1v) is 6.77. The number of carbonyl (C=O) groups is 1. The standard InChI is InChI=1S/C15H12N2OS/c1-10(18)11-6-8-12(9-7-11)16-15-17-13-4-2-3-5-14(13)19-15/h2-9H,1H3,(H,16,17). The number of thiazole rings is 1. The molecule has 3 nitrogen and oxygen atoms in total. The van der Waals surface area contributed by atoms with Crippen molar-refractivity contribution < 1.29 is 4.79 Å². The van der Waals surface area contributed by atoms with Gasteiger partial charge in [0.2, 0.25) is 0 Å². The Kier molecular flexibility index (Phi) is 3.01. The fraction of sp³-hybridized carbons (Fsp3) is 0.0667. The van der Waals surface area contributed by atoms with Crippen molar-refractivity contribution in [1.82, 2.24) is 4.98 Å². The molecule has 94 valence electrons. The van der Waals surface area contributed by atoms with Crippen LogP contribution in [0.3, 0.4) is 0 Å². The summed E-state index contributed by atoms with van der Waals surface area (Å²) in [5.74, 6) is 0.0755. The quantitative estimate of drug-likeness (QED) is 0.722. The lowest BCUT2D eigenvalue weighted by molar-refractivity contribution is 0.101. The molecule has 0 saturated carbocycles. The summed E-state index contributed by atoms with van der Waals surface area (Å²) >= 11 is 1.61. The van der Waals surface area contributed by atoms with Crippen molar-refractivity contribution in [3.05, 3.63) is 54.1 Å². The zero-order chi connectivity index (χ0) is 13.2. The smallest absolute Gasteiger partial charge is 0.188 e. The topological polar surface area (TPSA) is 42.0 Å². The van der Waals surface area contributed by atoms with Gasteiger partial charge in [-0.2, -0.15) is 0 Å². The number of rotatable bonds is 3. The maximum Gasteiger partial charge on any atom is 0.188 e. The minimum absolute atomic E-state index is 0.0755. The van der Waals surface area contributed by atoms with E-state index in [0.29, 0.717) is 0 Å². The van der Waals surface area contributed by atoms with E-state index in [9.17, 15) is 4.79 Å².